The second-order valence-corrected chi connectivity index (χ2v) is 5.34. The molecular formula is C14H20Cl4N2. The average molecular weight is 358 g/mol. The first kappa shape index (κ1) is 20.0. The topological polar surface area (TPSA) is 15.3 Å². The second kappa shape index (κ2) is 9.88. The first-order chi connectivity index (χ1) is 8.72. The number of hydrogen-bond acceptors (Lipinski definition) is 2. The van der Waals surface area contributed by atoms with Crippen molar-refractivity contribution in [2.45, 2.75) is 12.5 Å². The van der Waals surface area contributed by atoms with Crippen LogP contribution in [0.25, 0.3) is 0 Å². The number of halogens is 4. The van der Waals surface area contributed by atoms with E-state index in [0.29, 0.717) is 11.1 Å². The summed E-state index contributed by atoms with van der Waals surface area (Å²) in [5.41, 5.74) is 1.14. The van der Waals surface area contributed by atoms with Crippen molar-refractivity contribution in [3.8, 4) is 0 Å². The van der Waals surface area contributed by atoms with Gasteiger partial charge in [-0.25, -0.2) is 0 Å². The van der Waals surface area contributed by atoms with Gasteiger partial charge in [0.15, 0.2) is 0 Å². The first-order valence-corrected chi connectivity index (χ1v) is 6.98. The number of nitrogens with one attached hydrogen (secondary N) is 1. The second-order valence-electron chi connectivity index (χ2n) is 4.49. The molecule has 1 heterocycles. The maximum atomic E-state index is 6.32. The lowest BCUT2D eigenvalue weighted by Gasteiger charge is -2.35. The van der Waals surface area contributed by atoms with Gasteiger partial charge in [-0.05, 0) is 24.1 Å². The molecule has 114 valence electrons. The Morgan fingerprint density at radius 2 is 1.90 bits per heavy atom. The van der Waals surface area contributed by atoms with Crippen LogP contribution in [0.5, 0.6) is 0 Å². The van der Waals surface area contributed by atoms with Gasteiger partial charge < -0.3 is 5.32 Å². The van der Waals surface area contributed by atoms with Gasteiger partial charge >= 0.3 is 0 Å². The molecule has 2 nitrogen and oxygen atoms in total. The molecule has 1 aromatic rings. The summed E-state index contributed by atoms with van der Waals surface area (Å²) in [5.74, 6) is 0. The summed E-state index contributed by atoms with van der Waals surface area (Å²) < 4.78 is 0. The summed E-state index contributed by atoms with van der Waals surface area (Å²) in [6, 6.07) is 6.05. The van der Waals surface area contributed by atoms with E-state index < -0.39 is 0 Å². The molecule has 20 heavy (non-hydrogen) atoms. The molecule has 1 atom stereocenters. The van der Waals surface area contributed by atoms with Gasteiger partial charge in [0.25, 0.3) is 0 Å². The third kappa shape index (κ3) is 5.10. The Balaban J connectivity index is 0.00000180. The Bertz CT molecular complexity index is 420. The summed E-state index contributed by atoms with van der Waals surface area (Å²) in [4.78, 5) is 2.45. The Morgan fingerprint density at radius 3 is 2.45 bits per heavy atom. The lowest BCUT2D eigenvalue weighted by molar-refractivity contribution is 0.174. The highest BCUT2D eigenvalue weighted by Gasteiger charge is 2.22. The fourth-order valence-electron chi connectivity index (χ4n) is 2.40. The third-order valence-corrected chi connectivity index (χ3v) is 3.87. The molecule has 1 saturated heterocycles. The van der Waals surface area contributed by atoms with Crippen LogP contribution in [0.2, 0.25) is 10.0 Å². The minimum Gasteiger partial charge on any atom is -0.314 e. The zero-order chi connectivity index (χ0) is 13.0. The first-order valence-electron chi connectivity index (χ1n) is 6.23. The Kier molecular flexibility index (Phi) is 9.90. The van der Waals surface area contributed by atoms with E-state index in [4.69, 9.17) is 23.2 Å². The number of hydrogen-bond donors (Lipinski definition) is 1. The summed E-state index contributed by atoms with van der Waals surface area (Å²) in [7, 11) is 0. The van der Waals surface area contributed by atoms with E-state index in [0.717, 1.165) is 43.2 Å². The smallest absolute Gasteiger partial charge is 0.0468 e. The molecule has 0 unspecified atom stereocenters. The number of benzene rings is 1. The number of piperazine rings is 1. The maximum Gasteiger partial charge on any atom is 0.0468 e. The monoisotopic (exact) mass is 356 g/mol. The van der Waals surface area contributed by atoms with E-state index >= 15 is 0 Å². The van der Waals surface area contributed by atoms with E-state index in [2.05, 4.69) is 16.8 Å². The molecule has 0 amide bonds. The van der Waals surface area contributed by atoms with Gasteiger partial charge in [-0.1, -0.05) is 35.3 Å². The number of nitrogens with zero attached hydrogens (tertiary/aromatic N) is 1. The van der Waals surface area contributed by atoms with Crippen LogP contribution in [0.4, 0.5) is 0 Å². The fraction of sp³-hybridized carbons (Fsp3) is 0.429. The minimum absolute atomic E-state index is 0. The highest BCUT2D eigenvalue weighted by atomic mass is 35.5. The largest absolute Gasteiger partial charge is 0.314 e. The van der Waals surface area contributed by atoms with E-state index in [1.165, 1.54) is 0 Å². The zero-order valence-corrected chi connectivity index (χ0v) is 14.3. The van der Waals surface area contributed by atoms with Gasteiger partial charge in [-0.3, -0.25) is 4.90 Å². The van der Waals surface area contributed by atoms with Gasteiger partial charge in [0.05, 0.1) is 0 Å². The summed E-state index contributed by atoms with van der Waals surface area (Å²) in [6.45, 7) is 7.99. The van der Waals surface area contributed by atoms with Crippen LogP contribution >= 0.6 is 48.0 Å². The van der Waals surface area contributed by atoms with Crippen molar-refractivity contribution in [3.05, 3.63) is 46.5 Å². The molecule has 1 fully saturated rings. The van der Waals surface area contributed by atoms with Crippen molar-refractivity contribution < 1.29 is 0 Å². The SMILES string of the molecule is C=CC[C@@H](c1ccc(Cl)cc1Cl)N1CCNCC1.Cl.Cl. The molecule has 0 radical (unpaired) electrons. The molecule has 0 aromatic heterocycles. The van der Waals surface area contributed by atoms with Crippen LogP contribution in [0.15, 0.2) is 30.9 Å². The van der Waals surface area contributed by atoms with E-state index in [1.807, 2.05) is 24.3 Å². The third-order valence-electron chi connectivity index (χ3n) is 3.30. The average Bonchev–Trinajstić information content (AvgIpc) is 2.38. The zero-order valence-electron chi connectivity index (χ0n) is 11.1. The molecular weight excluding hydrogens is 338 g/mol. The van der Waals surface area contributed by atoms with E-state index in [-0.39, 0.29) is 24.8 Å². The quantitative estimate of drug-likeness (QED) is 0.805. The molecule has 0 aliphatic carbocycles. The van der Waals surface area contributed by atoms with Gasteiger partial charge in [0.2, 0.25) is 0 Å². The molecule has 1 aliphatic heterocycles. The van der Waals surface area contributed by atoms with Crippen molar-refractivity contribution in [3.63, 3.8) is 0 Å². The van der Waals surface area contributed by atoms with Crippen LogP contribution in [0, 0.1) is 0 Å². The molecule has 0 saturated carbocycles. The lowest BCUT2D eigenvalue weighted by Crippen LogP contribution is -2.45. The molecule has 1 aromatic carbocycles. The summed E-state index contributed by atoms with van der Waals surface area (Å²) >= 11 is 12.3. The van der Waals surface area contributed by atoms with Crippen LogP contribution < -0.4 is 5.32 Å². The Labute approximate surface area is 143 Å². The highest BCUT2D eigenvalue weighted by molar-refractivity contribution is 6.35. The highest BCUT2D eigenvalue weighted by Crippen LogP contribution is 2.32. The van der Waals surface area contributed by atoms with Gasteiger partial charge in [-0.2, -0.15) is 0 Å². The molecule has 0 bridgehead atoms. The maximum absolute atomic E-state index is 6.32. The minimum atomic E-state index is 0. The summed E-state index contributed by atoms with van der Waals surface area (Å²) in [6.07, 6.45) is 2.86. The molecule has 2 rings (SSSR count). The van der Waals surface area contributed by atoms with Gasteiger partial charge in [0, 0.05) is 42.3 Å². The molecule has 6 heteroatoms. The Hall–Kier alpha value is 0.0400. The van der Waals surface area contributed by atoms with Crippen molar-refractivity contribution in [2.24, 2.45) is 0 Å². The van der Waals surface area contributed by atoms with Crippen LogP contribution in [-0.4, -0.2) is 31.1 Å². The molecule has 1 N–H and O–H groups in total. The predicted octanol–water partition coefficient (Wildman–Crippen LogP) is 4.36. The fourth-order valence-corrected chi connectivity index (χ4v) is 2.93. The standard InChI is InChI=1S/C14H18Cl2N2.2ClH/c1-2-3-14(18-8-6-17-7-9-18)12-5-4-11(15)10-13(12)16;;/h2,4-5,10,14,17H,1,3,6-9H2;2*1H/t14-;;/m0../s1. The molecule has 0 spiro atoms. The van der Waals surface area contributed by atoms with Crippen molar-refractivity contribution in [2.75, 3.05) is 26.2 Å². The van der Waals surface area contributed by atoms with Crippen molar-refractivity contribution >= 4 is 48.0 Å². The van der Waals surface area contributed by atoms with Crippen LogP contribution in [0.3, 0.4) is 0 Å². The predicted molar refractivity (Wildman–Crippen MR) is 93.0 cm³/mol. The van der Waals surface area contributed by atoms with Crippen LogP contribution in [-0.2, 0) is 0 Å². The van der Waals surface area contributed by atoms with E-state index in [9.17, 15) is 0 Å². The van der Waals surface area contributed by atoms with Gasteiger partial charge in [0.1, 0.15) is 0 Å². The van der Waals surface area contributed by atoms with E-state index in [1.54, 1.807) is 0 Å². The number of rotatable bonds is 4. The van der Waals surface area contributed by atoms with Crippen LogP contribution in [0.1, 0.15) is 18.0 Å². The Morgan fingerprint density at radius 1 is 1.25 bits per heavy atom. The normalized spacial score (nSPS) is 16.7. The van der Waals surface area contributed by atoms with Crippen molar-refractivity contribution in [1.29, 1.82) is 0 Å². The van der Waals surface area contributed by atoms with Crippen molar-refractivity contribution in [1.82, 2.24) is 10.2 Å². The summed E-state index contributed by atoms with van der Waals surface area (Å²) in [5, 5.41) is 4.79. The lowest BCUT2D eigenvalue weighted by atomic mass is 10.0. The molecule has 1 aliphatic rings. The van der Waals surface area contributed by atoms with Gasteiger partial charge in [-0.15, -0.1) is 31.4 Å².